The second kappa shape index (κ2) is 5.39. The first-order chi connectivity index (χ1) is 8.66. The van der Waals surface area contributed by atoms with Crippen molar-refractivity contribution >= 4 is 16.1 Å². The maximum absolute atomic E-state index is 12.4. The van der Waals surface area contributed by atoms with Gasteiger partial charge in [-0.15, -0.1) is 0 Å². The van der Waals surface area contributed by atoms with Crippen molar-refractivity contribution in [2.45, 2.75) is 30.3 Å². The number of hydrogen-bond donors (Lipinski definition) is 0. The van der Waals surface area contributed by atoms with E-state index >= 15 is 0 Å². The van der Waals surface area contributed by atoms with Gasteiger partial charge in [-0.25, -0.2) is 13.2 Å². The molecule has 1 aliphatic rings. The topological polar surface area (TPSA) is 79.7 Å². The van der Waals surface area contributed by atoms with Gasteiger partial charge >= 0.3 is 0 Å². The first-order valence-electron chi connectivity index (χ1n) is 5.65. The molecule has 1 fully saturated rings. The van der Waals surface area contributed by atoms with Gasteiger partial charge in [0.1, 0.15) is 11.1 Å². The van der Waals surface area contributed by atoms with Crippen LogP contribution in [0.25, 0.3) is 0 Å². The quantitative estimate of drug-likeness (QED) is 0.602. The zero-order chi connectivity index (χ0) is 13.0. The number of hydrogen-bond acceptors (Lipinski definition) is 5. The van der Waals surface area contributed by atoms with E-state index in [1.54, 1.807) is 6.07 Å². The maximum atomic E-state index is 12.4. The summed E-state index contributed by atoms with van der Waals surface area (Å²) in [6.45, 7) is 0.368. The fourth-order valence-electron chi connectivity index (χ4n) is 1.99. The zero-order valence-corrected chi connectivity index (χ0v) is 10.5. The van der Waals surface area contributed by atoms with Gasteiger partial charge in [0.15, 0.2) is 0 Å². The lowest BCUT2D eigenvalue weighted by Gasteiger charge is -2.30. The molecule has 7 heteroatoms. The van der Waals surface area contributed by atoms with E-state index in [0.29, 0.717) is 13.0 Å². The van der Waals surface area contributed by atoms with E-state index in [2.05, 4.69) is 9.98 Å². The van der Waals surface area contributed by atoms with Gasteiger partial charge in [-0.05, 0) is 31.4 Å². The summed E-state index contributed by atoms with van der Waals surface area (Å²) in [4.78, 5) is 17.9. The molecular weight excluding hydrogens is 254 g/mol. The second-order valence-electron chi connectivity index (χ2n) is 4.00. The van der Waals surface area contributed by atoms with Crippen LogP contribution in [0.2, 0.25) is 0 Å². The van der Waals surface area contributed by atoms with Crippen molar-refractivity contribution in [1.82, 2.24) is 9.29 Å². The van der Waals surface area contributed by atoms with Gasteiger partial charge in [0.25, 0.3) is 0 Å². The van der Waals surface area contributed by atoms with E-state index in [9.17, 15) is 13.2 Å². The Morgan fingerprint density at radius 3 is 2.94 bits per heavy atom. The van der Waals surface area contributed by atoms with Crippen molar-refractivity contribution in [3.8, 4) is 0 Å². The number of pyridine rings is 1. The Morgan fingerprint density at radius 2 is 2.28 bits per heavy atom. The molecule has 0 amide bonds. The van der Waals surface area contributed by atoms with Gasteiger partial charge in [-0.2, -0.15) is 9.30 Å². The molecule has 6 nitrogen and oxygen atoms in total. The van der Waals surface area contributed by atoms with Gasteiger partial charge < -0.3 is 0 Å². The van der Waals surface area contributed by atoms with E-state index < -0.39 is 16.2 Å². The van der Waals surface area contributed by atoms with Crippen LogP contribution in [0.4, 0.5) is 0 Å². The number of nitrogens with zero attached hydrogens (tertiary/aromatic N) is 3. The second-order valence-corrected chi connectivity index (χ2v) is 5.89. The number of carbonyl (C=O) groups excluding carboxylic acids is 1. The molecule has 1 aromatic heterocycles. The molecule has 0 N–H and O–H groups in total. The monoisotopic (exact) mass is 267 g/mol. The third-order valence-corrected chi connectivity index (χ3v) is 4.75. The molecule has 1 saturated heterocycles. The van der Waals surface area contributed by atoms with Crippen molar-refractivity contribution in [2.24, 2.45) is 4.99 Å². The average Bonchev–Trinajstić information content (AvgIpc) is 2.41. The molecule has 0 radical (unpaired) electrons. The lowest BCUT2D eigenvalue weighted by Crippen LogP contribution is -2.42. The highest BCUT2D eigenvalue weighted by Gasteiger charge is 2.33. The number of rotatable bonds is 3. The zero-order valence-electron chi connectivity index (χ0n) is 9.69. The predicted molar refractivity (Wildman–Crippen MR) is 63.9 cm³/mol. The molecule has 1 atom stereocenters. The normalized spacial score (nSPS) is 21.2. The van der Waals surface area contributed by atoms with E-state index in [0.717, 1.165) is 12.8 Å². The molecular formula is C11H13N3O3S. The third kappa shape index (κ3) is 2.48. The van der Waals surface area contributed by atoms with Crippen LogP contribution in [0.3, 0.4) is 0 Å². The van der Waals surface area contributed by atoms with E-state index in [1.165, 1.54) is 28.8 Å². The molecule has 0 saturated carbocycles. The van der Waals surface area contributed by atoms with Crippen LogP contribution >= 0.6 is 0 Å². The number of aromatic nitrogens is 1. The first kappa shape index (κ1) is 12.9. The third-order valence-electron chi connectivity index (χ3n) is 2.87. The molecule has 1 aromatic rings. The molecule has 0 bridgehead atoms. The van der Waals surface area contributed by atoms with E-state index in [-0.39, 0.29) is 4.90 Å². The highest BCUT2D eigenvalue weighted by molar-refractivity contribution is 7.89. The maximum Gasteiger partial charge on any atom is 0.246 e. The molecule has 0 aromatic carbocycles. The Labute approximate surface area is 105 Å². The lowest BCUT2D eigenvalue weighted by atomic mass is 10.1. The van der Waals surface area contributed by atoms with Crippen molar-refractivity contribution in [3.63, 3.8) is 0 Å². The van der Waals surface area contributed by atoms with Gasteiger partial charge in [0.2, 0.25) is 16.1 Å². The minimum absolute atomic E-state index is 0.123. The van der Waals surface area contributed by atoms with E-state index in [1.807, 2.05) is 0 Å². The summed E-state index contributed by atoms with van der Waals surface area (Å²) in [6, 6.07) is 3.05. The van der Waals surface area contributed by atoms with Crippen molar-refractivity contribution in [2.75, 3.05) is 6.54 Å². The van der Waals surface area contributed by atoms with Crippen LogP contribution in [0.15, 0.2) is 34.4 Å². The Hall–Kier alpha value is -1.56. The van der Waals surface area contributed by atoms with Gasteiger partial charge in [0, 0.05) is 18.9 Å². The molecule has 0 spiro atoms. The van der Waals surface area contributed by atoms with Crippen LogP contribution in [-0.2, 0) is 14.8 Å². The fraction of sp³-hybridized carbons (Fsp3) is 0.455. The summed E-state index contributed by atoms with van der Waals surface area (Å²) in [5.41, 5.74) is 0. The highest BCUT2D eigenvalue weighted by Crippen LogP contribution is 2.25. The van der Waals surface area contributed by atoms with Gasteiger partial charge in [0.05, 0.1) is 0 Å². The van der Waals surface area contributed by atoms with Crippen LogP contribution in [0.5, 0.6) is 0 Å². The summed E-state index contributed by atoms with van der Waals surface area (Å²) < 4.78 is 26.0. The number of sulfonamides is 1. The number of piperidine rings is 1. The molecule has 2 heterocycles. The SMILES string of the molecule is O=C=NC1CCCCN1S(=O)(=O)c1cccnc1. The average molecular weight is 267 g/mol. The van der Waals surface area contributed by atoms with Crippen molar-refractivity contribution in [1.29, 1.82) is 0 Å². The number of aliphatic imine (C=N–C) groups is 1. The summed E-state index contributed by atoms with van der Waals surface area (Å²) in [5.74, 6) is 0. The highest BCUT2D eigenvalue weighted by atomic mass is 32.2. The first-order valence-corrected chi connectivity index (χ1v) is 7.09. The smallest absolute Gasteiger partial charge is 0.246 e. The standard InChI is InChI=1S/C11H13N3O3S/c15-9-13-11-5-1-2-7-14(11)18(16,17)10-4-3-6-12-8-10/h3-4,6,8,11H,1-2,5,7H2. The van der Waals surface area contributed by atoms with Crippen LogP contribution in [0, 0.1) is 0 Å². The van der Waals surface area contributed by atoms with Crippen molar-refractivity contribution < 1.29 is 13.2 Å². The fourth-order valence-corrected chi connectivity index (χ4v) is 3.55. The van der Waals surface area contributed by atoms with Gasteiger partial charge in [-0.3, -0.25) is 4.98 Å². The van der Waals surface area contributed by atoms with Crippen LogP contribution < -0.4 is 0 Å². The van der Waals surface area contributed by atoms with Crippen molar-refractivity contribution in [3.05, 3.63) is 24.5 Å². The Balaban J connectivity index is 2.36. The predicted octanol–water partition coefficient (Wildman–Crippen LogP) is 0.918. The van der Waals surface area contributed by atoms with Gasteiger partial charge in [-0.1, -0.05) is 0 Å². The molecule has 1 unspecified atom stereocenters. The van der Waals surface area contributed by atoms with Crippen LogP contribution in [0.1, 0.15) is 19.3 Å². The molecule has 2 rings (SSSR count). The molecule has 18 heavy (non-hydrogen) atoms. The minimum atomic E-state index is -3.64. The molecule has 1 aliphatic heterocycles. The molecule has 0 aliphatic carbocycles. The summed E-state index contributed by atoms with van der Waals surface area (Å²) in [5, 5.41) is 0. The number of isocyanates is 1. The minimum Gasteiger partial charge on any atom is -0.263 e. The largest absolute Gasteiger partial charge is 0.263 e. The molecule has 96 valence electrons. The lowest BCUT2D eigenvalue weighted by molar-refractivity contribution is 0.259. The Bertz CT molecular complexity index is 552. The Kier molecular flexibility index (Phi) is 3.86. The summed E-state index contributed by atoms with van der Waals surface area (Å²) in [6.07, 6.45) is 5.79. The summed E-state index contributed by atoms with van der Waals surface area (Å²) in [7, 11) is -3.64. The summed E-state index contributed by atoms with van der Waals surface area (Å²) >= 11 is 0. The van der Waals surface area contributed by atoms with Crippen LogP contribution in [-0.4, -0.2) is 36.5 Å². The van der Waals surface area contributed by atoms with E-state index in [4.69, 9.17) is 0 Å². The Morgan fingerprint density at radius 1 is 1.44 bits per heavy atom.